The molecule has 1 fully saturated rings. The number of thioether (sulfide) groups is 1. The van der Waals surface area contributed by atoms with Crippen LogP contribution in [0.25, 0.3) is 0 Å². The van der Waals surface area contributed by atoms with Crippen molar-refractivity contribution in [2.75, 3.05) is 12.4 Å². The summed E-state index contributed by atoms with van der Waals surface area (Å²) >= 11 is 1.06. The van der Waals surface area contributed by atoms with E-state index in [1.165, 1.54) is 12.8 Å². The van der Waals surface area contributed by atoms with Crippen LogP contribution in [0.5, 0.6) is 0 Å². The molecule has 9 heteroatoms. The van der Waals surface area contributed by atoms with Crippen LogP contribution in [0.15, 0.2) is 0 Å². The monoisotopic (exact) mass is 346 g/mol. The Balaban J connectivity index is 0.00000400. The summed E-state index contributed by atoms with van der Waals surface area (Å²) in [6.07, 6.45) is 5.22. The van der Waals surface area contributed by atoms with Crippen molar-refractivity contribution in [3.63, 3.8) is 0 Å². The zero-order valence-electron chi connectivity index (χ0n) is 12.5. The smallest absolute Gasteiger partial charge is 0.770 e. The Morgan fingerprint density at radius 1 is 1.38 bits per heavy atom. The second-order valence-electron chi connectivity index (χ2n) is 4.65. The minimum atomic E-state index is -4.50. The summed E-state index contributed by atoms with van der Waals surface area (Å²) in [5, 5.41) is 0.0356. The number of hydrogen-bond donors (Lipinski definition) is 0. The fourth-order valence-corrected chi connectivity index (χ4v) is 3.26. The molecule has 0 aromatic rings. The standard InChI is InChI=1S/C12H21O6PS.Na/c1-2-3-4-5-6-7-11(13)20-9-10-8-17-19(15,16)12(14)18-10;/h10H,2-9H2,1H3,(H,15,16);/q;+1/p-1. The molecule has 2 unspecified atom stereocenters. The van der Waals surface area contributed by atoms with Gasteiger partial charge < -0.3 is 14.2 Å². The van der Waals surface area contributed by atoms with E-state index >= 15 is 0 Å². The van der Waals surface area contributed by atoms with Gasteiger partial charge in [-0.05, 0) is 6.42 Å². The van der Waals surface area contributed by atoms with E-state index in [-0.39, 0.29) is 47.0 Å². The van der Waals surface area contributed by atoms with E-state index in [4.69, 9.17) is 4.74 Å². The van der Waals surface area contributed by atoms with Gasteiger partial charge in [0.2, 0.25) is 7.60 Å². The molecule has 116 valence electrons. The molecule has 1 saturated heterocycles. The van der Waals surface area contributed by atoms with Gasteiger partial charge >= 0.3 is 35.3 Å². The van der Waals surface area contributed by atoms with Crippen molar-refractivity contribution in [1.82, 2.24) is 0 Å². The first-order valence-corrected chi connectivity index (χ1v) is 9.31. The van der Waals surface area contributed by atoms with Gasteiger partial charge in [-0.1, -0.05) is 44.4 Å². The van der Waals surface area contributed by atoms with Crippen LogP contribution in [-0.2, 0) is 18.6 Å². The Kier molecular flexibility index (Phi) is 11.6. The van der Waals surface area contributed by atoms with Gasteiger partial charge in [0.25, 0.3) is 0 Å². The summed E-state index contributed by atoms with van der Waals surface area (Å²) in [4.78, 5) is 33.6. The third-order valence-electron chi connectivity index (χ3n) is 2.84. The van der Waals surface area contributed by atoms with E-state index in [1.807, 2.05) is 0 Å². The first-order valence-electron chi connectivity index (χ1n) is 6.78. The molecule has 0 bridgehead atoms. The summed E-state index contributed by atoms with van der Waals surface area (Å²) in [7, 11) is -4.50. The number of carbonyl (C=O) groups excluding carboxylic acids is 2. The van der Waals surface area contributed by atoms with E-state index in [0.717, 1.165) is 31.0 Å². The van der Waals surface area contributed by atoms with Crippen molar-refractivity contribution >= 4 is 30.2 Å². The first-order chi connectivity index (χ1) is 9.45. The molecule has 21 heavy (non-hydrogen) atoms. The van der Waals surface area contributed by atoms with Crippen LogP contribution < -0.4 is 34.5 Å². The average molecular weight is 346 g/mol. The van der Waals surface area contributed by atoms with E-state index in [0.29, 0.717) is 6.42 Å². The van der Waals surface area contributed by atoms with Crippen LogP contribution in [0.3, 0.4) is 0 Å². The van der Waals surface area contributed by atoms with Gasteiger partial charge in [-0.3, -0.25) is 9.36 Å². The summed E-state index contributed by atoms with van der Waals surface area (Å²) < 4.78 is 20.1. The fourth-order valence-electron chi connectivity index (χ4n) is 1.69. The number of unbranched alkanes of at least 4 members (excludes halogenated alkanes) is 4. The Morgan fingerprint density at radius 3 is 2.67 bits per heavy atom. The molecule has 1 heterocycles. The molecule has 0 saturated carbocycles. The number of carbonyl (C=O) groups is 2. The summed E-state index contributed by atoms with van der Waals surface area (Å²) in [5.41, 5.74) is -1.35. The number of ether oxygens (including phenoxy) is 1. The zero-order valence-corrected chi connectivity index (χ0v) is 16.3. The van der Waals surface area contributed by atoms with Crippen molar-refractivity contribution in [2.24, 2.45) is 0 Å². The predicted octanol–water partition coefficient (Wildman–Crippen LogP) is -0.300. The van der Waals surface area contributed by atoms with E-state index in [9.17, 15) is 19.0 Å². The minimum absolute atomic E-state index is 0. The molecule has 0 N–H and O–H groups in total. The maximum absolute atomic E-state index is 11.6. The summed E-state index contributed by atoms with van der Waals surface area (Å²) in [6.45, 7) is 1.93. The molecule has 6 nitrogen and oxygen atoms in total. The van der Waals surface area contributed by atoms with Crippen molar-refractivity contribution < 1.29 is 57.9 Å². The topological polar surface area (TPSA) is 92.7 Å². The fraction of sp³-hybridized carbons (Fsp3) is 0.833. The van der Waals surface area contributed by atoms with Crippen molar-refractivity contribution in [2.45, 2.75) is 51.6 Å². The Morgan fingerprint density at radius 2 is 2.05 bits per heavy atom. The van der Waals surface area contributed by atoms with Crippen molar-refractivity contribution in [1.29, 1.82) is 0 Å². The molecule has 1 aliphatic rings. The molecule has 0 aliphatic carbocycles. The maximum atomic E-state index is 11.6. The number of hydrogen-bond acceptors (Lipinski definition) is 7. The molecule has 0 aromatic heterocycles. The Hall–Kier alpha value is 0.640. The van der Waals surface area contributed by atoms with Gasteiger partial charge in [0.05, 0.1) is 6.61 Å². The maximum Gasteiger partial charge on any atom is 1.00 e. The van der Waals surface area contributed by atoms with Crippen LogP contribution in [0, 0.1) is 0 Å². The van der Waals surface area contributed by atoms with Crippen LogP contribution in [0.1, 0.15) is 45.4 Å². The van der Waals surface area contributed by atoms with Crippen molar-refractivity contribution in [3.05, 3.63) is 0 Å². The van der Waals surface area contributed by atoms with Gasteiger partial charge in [0, 0.05) is 12.2 Å². The number of rotatable bonds is 8. The molecule has 0 aromatic carbocycles. The normalized spacial score (nSPS) is 25.0. The molecular formula is C12H20NaO6PS. The molecule has 1 rings (SSSR count). The molecule has 0 amide bonds. The molecule has 0 spiro atoms. The van der Waals surface area contributed by atoms with E-state index < -0.39 is 19.4 Å². The van der Waals surface area contributed by atoms with Crippen LogP contribution >= 0.6 is 19.4 Å². The van der Waals surface area contributed by atoms with Gasteiger partial charge in [-0.15, -0.1) is 0 Å². The molecule has 1 aliphatic heterocycles. The summed E-state index contributed by atoms with van der Waals surface area (Å²) in [5.74, 6) is 0.236. The van der Waals surface area contributed by atoms with Crippen molar-refractivity contribution in [3.8, 4) is 0 Å². The van der Waals surface area contributed by atoms with Gasteiger partial charge in [0.15, 0.2) is 5.12 Å². The minimum Gasteiger partial charge on any atom is -0.770 e. The van der Waals surface area contributed by atoms with Gasteiger partial charge in [-0.25, -0.2) is 4.79 Å². The van der Waals surface area contributed by atoms with Gasteiger partial charge in [0.1, 0.15) is 6.10 Å². The second kappa shape index (κ2) is 11.2. The SMILES string of the molecule is CCCCCCCC(=O)SCC1COP(=O)([O-])C(=O)O1.[Na+]. The van der Waals surface area contributed by atoms with Crippen LogP contribution in [-0.4, -0.2) is 29.3 Å². The van der Waals surface area contributed by atoms with E-state index in [2.05, 4.69) is 11.4 Å². The van der Waals surface area contributed by atoms with Gasteiger partial charge in [-0.2, -0.15) is 0 Å². The third kappa shape index (κ3) is 8.74. The van der Waals surface area contributed by atoms with E-state index in [1.54, 1.807) is 0 Å². The summed E-state index contributed by atoms with van der Waals surface area (Å²) in [6, 6.07) is 0. The second-order valence-corrected chi connectivity index (χ2v) is 7.34. The van der Waals surface area contributed by atoms with Crippen LogP contribution in [0.4, 0.5) is 4.79 Å². The molecule has 0 radical (unpaired) electrons. The average Bonchev–Trinajstić information content (AvgIpc) is 2.40. The van der Waals surface area contributed by atoms with Crippen LogP contribution in [0.2, 0.25) is 0 Å². The quantitative estimate of drug-likeness (QED) is 0.338. The molecule has 2 atom stereocenters. The largest absolute Gasteiger partial charge is 1.00 e. The predicted molar refractivity (Wildman–Crippen MR) is 74.7 cm³/mol. The number of cyclic esters (lactones) is 1. The third-order valence-corrected chi connectivity index (χ3v) is 4.94. The first kappa shape index (κ1) is 21.6. The zero-order chi connectivity index (χ0) is 15.0. The molecular weight excluding hydrogens is 326 g/mol. The Labute approximate surface area is 151 Å². The Bertz CT molecular complexity index is 392.